The number of piperidine rings is 1. The maximum absolute atomic E-state index is 12.0. The number of aliphatic carboxylic acids is 1. The molecule has 114 valence electrons. The zero-order chi connectivity index (χ0) is 15.1. The molecule has 0 radical (unpaired) electrons. The molecule has 21 heavy (non-hydrogen) atoms. The van der Waals surface area contributed by atoms with Gasteiger partial charge in [-0.05, 0) is 30.7 Å². The molecule has 1 aliphatic heterocycles. The third kappa shape index (κ3) is 5.42. The van der Waals surface area contributed by atoms with E-state index in [-0.39, 0.29) is 17.4 Å². The molecule has 0 aromatic heterocycles. The minimum absolute atomic E-state index is 0.00376. The smallest absolute Gasteiger partial charge is 0.313 e. The van der Waals surface area contributed by atoms with E-state index in [1.165, 1.54) is 17.3 Å². The van der Waals surface area contributed by atoms with Gasteiger partial charge in [-0.25, -0.2) is 0 Å². The van der Waals surface area contributed by atoms with Crippen LogP contribution in [0.1, 0.15) is 18.4 Å². The lowest BCUT2D eigenvalue weighted by atomic mass is 9.90. The summed E-state index contributed by atoms with van der Waals surface area (Å²) in [4.78, 5) is 24.3. The molecule has 0 atom stereocenters. The Bertz CT molecular complexity index is 470. The molecule has 1 aromatic rings. The van der Waals surface area contributed by atoms with Gasteiger partial charge in [-0.15, -0.1) is 11.8 Å². The minimum Gasteiger partial charge on any atom is -0.481 e. The number of hydrogen-bond acceptors (Lipinski definition) is 3. The predicted octanol–water partition coefficient (Wildman–Crippen LogP) is 2.29. The van der Waals surface area contributed by atoms with Crippen molar-refractivity contribution in [3.05, 3.63) is 35.9 Å². The fraction of sp³-hybridized carbons (Fsp3) is 0.500. The molecule has 1 heterocycles. The molecule has 1 fully saturated rings. The van der Waals surface area contributed by atoms with E-state index in [2.05, 4.69) is 24.3 Å². The van der Waals surface area contributed by atoms with Crippen LogP contribution < -0.4 is 0 Å². The number of hydrogen-bond donors (Lipinski definition) is 1. The Labute approximate surface area is 129 Å². The number of rotatable bonds is 6. The van der Waals surface area contributed by atoms with Crippen LogP contribution in [-0.4, -0.2) is 46.5 Å². The van der Waals surface area contributed by atoms with E-state index >= 15 is 0 Å². The molecule has 1 saturated heterocycles. The summed E-state index contributed by atoms with van der Waals surface area (Å²) in [6.45, 7) is 1.59. The Morgan fingerprint density at radius 2 is 1.81 bits per heavy atom. The lowest BCUT2D eigenvalue weighted by molar-refractivity contribution is -0.133. The summed E-state index contributed by atoms with van der Waals surface area (Å²) in [5.41, 5.74) is 1.36. The van der Waals surface area contributed by atoms with Crippen molar-refractivity contribution in [2.75, 3.05) is 24.6 Å². The van der Waals surface area contributed by atoms with Gasteiger partial charge < -0.3 is 10.0 Å². The molecule has 2 rings (SSSR count). The van der Waals surface area contributed by atoms with Crippen molar-refractivity contribution in [1.29, 1.82) is 0 Å². The SMILES string of the molecule is O=C(O)CSCC(=O)N1CCC(Cc2ccccc2)CC1. The van der Waals surface area contributed by atoms with Crippen LogP contribution in [0.25, 0.3) is 0 Å². The highest BCUT2D eigenvalue weighted by Gasteiger charge is 2.22. The topological polar surface area (TPSA) is 57.6 Å². The summed E-state index contributed by atoms with van der Waals surface area (Å²) in [5.74, 6) is 0.114. The lowest BCUT2D eigenvalue weighted by Crippen LogP contribution is -2.40. The summed E-state index contributed by atoms with van der Waals surface area (Å²) in [6, 6.07) is 10.5. The Hall–Kier alpha value is -1.49. The molecular weight excluding hydrogens is 286 g/mol. The van der Waals surface area contributed by atoms with Gasteiger partial charge in [0.2, 0.25) is 5.91 Å². The molecule has 0 aliphatic carbocycles. The van der Waals surface area contributed by atoms with Crippen LogP contribution in [0.3, 0.4) is 0 Å². The van der Waals surface area contributed by atoms with Crippen LogP contribution in [0.5, 0.6) is 0 Å². The first-order valence-corrected chi connectivity index (χ1v) is 8.42. The largest absolute Gasteiger partial charge is 0.481 e. The van der Waals surface area contributed by atoms with Gasteiger partial charge in [0, 0.05) is 13.1 Å². The second-order valence-corrected chi connectivity index (χ2v) is 6.39. The first-order chi connectivity index (χ1) is 10.1. The fourth-order valence-electron chi connectivity index (χ4n) is 2.65. The van der Waals surface area contributed by atoms with Crippen LogP contribution >= 0.6 is 11.8 Å². The van der Waals surface area contributed by atoms with E-state index in [0.29, 0.717) is 5.92 Å². The van der Waals surface area contributed by atoms with Crippen LogP contribution in [0.4, 0.5) is 0 Å². The van der Waals surface area contributed by atoms with E-state index in [1.807, 2.05) is 11.0 Å². The van der Waals surface area contributed by atoms with E-state index in [4.69, 9.17) is 5.11 Å². The number of nitrogens with zero attached hydrogens (tertiary/aromatic N) is 1. The van der Waals surface area contributed by atoms with Crippen LogP contribution in [-0.2, 0) is 16.0 Å². The second kappa shape index (κ2) is 8.08. The summed E-state index contributed by atoms with van der Waals surface area (Å²) in [5, 5.41) is 8.57. The van der Waals surface area contributed by atoms with Crippen molar-refractivity contribution in [2.45, 2.75) is 19.3 Å². The molecule has 4 nitrogen and oxygen atoms in total. The molecule has 1 amide bonds. The lowest BCUT2D eigenvalue weighted by Gasteiger charge is -2.32. The van der Waals surface area contributed by atoms with Gasteiger partial charge >= 0.3 is 5.97 Å². The molecular formula is C16H21NO3S. The number of carboxylic acids is 1. The average molecular weight is 307 g/mol. The number of carbonyl (C=O) groups excluding carboxylic acids is 1. The number of thioether (sulfide) groups is 1. The highest BCUT2D eigenvalue weighted by Crippen LogP contribution is 2.22. The van der Waals surface area contributed by atoms with Crippen molar-refractivity contribution < 1.29 is 14.7 Å². The molecule has 0 spiro atoms. The van der Waals surface area contributed by atoms with E-state index in [9.17, 15) is 9.59 Å². The number of likely N-dealkylation sites (tertiary alicyclic amines) is 1. The summed E-state index contributed by atoms with van der Waals surface area (Å²) in [7, 11) is 0. The number of carbonyl (C=O) groups is 2. The maximum Gasteiger partial charge on any atom is 0.313 e. The van der Waals surface area contributed by atoms with Crippen molar-refractivity contribution in [3.8, 4) is 0 Å². The predicted molar refractivity (Wildman–Crippen MR) is 84.4 cm³/mol. The third-order valence-electron chi connectivity index (χ3n) is 3.79. The molecule has 1 aromatic carbocycles. The first kappa shape index (κ1) is 15.9. The van der Waals surface area contributed by atoms with Gasteiger partial charge in [0.05, 0.1) is 11.5 Å². The standard InChI is InChI=1S/C16H21NO3S/c18-15(11-21-12-16(19)20)17-8-6-14(7-9-17)10-13-4-2-1-3-5-13/h1-5,14H,6-12H2,(H,19,20). The average Bonchev–Trinajstić information content (AvgIpc) is 2.48. The Morgan fingerprint density at radius 1 is 1.14 bits per heavy atom. The summed E-state index contributed by atoms with van der Waals surface area (Å²) < 4.78 is 0. The number of carboxylic acid groups (broad SMARTS) is 1. The minimum atomic E-state index is -0.866. The quantitative estimate of drug-likeness (QED) is 0.876. The molecule has 0 unspecified atom stereocenters. The Kier molecular flexibility index (Phi) is 6.11. The van der Waals surface area contributed by atoms with Gasteiger partial charge in [-0.2, -0.15) is 0 Å². The van der Waals surface area contributed by atoms with Gasteiger partial charge in [-0.3, -0.25) is 9.59 Å². The molecule has 1 aliphatic rings. The normalized spacial score (nSPS) is 15.9. The zero-order valence-corrected chi connectivity index (χ0v) is 12.8. The van der Waals surface area contributed by atoms with Crippen molar-refractivity contribution in [1.82, 2.24) is 4.90 Å². The highest BCUT2D eigenvalue weighted by atomic mass is 32.2. The Balaban J connectivity index is 1.70. The Morgan fingerprint density at radius 3 is 2.43 bits per heavy atom. The van der Waals surface area contributed by atoms with E-state index < -0.39 is 5.97 Å². The van der Waals surface area contributed by atoms with Gasteiger partial charge in [0.15, 0.2) is 0 Å². The second-order valence-electron chi connectivity index (χ2n) is 5.40. The first-order valence-electron chi connectivity index (χ1n) is 7.26. The van der Waals surface area contributed by atoms with Gasteiger partial charge in [-0.1, -0.05) is 30.3 Å². The van der Waals surface area contributed by atoms with Crippen LogP contribution in [0.2, 0.25) is 0 Å². The number of amides is 1. The molecule has 5 heteroatoms. The van der Waals surface area contributed by atoms with Gasteiger partial charge in [0.1, 0.15) is 0 Å². The highest BCUT2D eigenvalue weighted by molar-refractivity contribution is 8.00. The summed E-state index contributed by atoms with van der Waals surface area (Å²) in [6.07, 6.45) is 3.14. The third-order valence-corrected chi connectivity index (χ3v) is 4.69. The van der Waals surface area contributed by atoms with Crippen molar-refractivity contribution in [3.63, 3.8) is 0 Å². The molecule has 1 N–H and O–H groups in total. The van der Waals surface area contributed by atoms with Gasteiger partial charge in [0.25, 0.3) is 0 Å². The van der Waals surface area contributed by atoms with Crippen LogP contribution in [0.15, 0.2) is 30.3 Å². The molecule has 0 bridgehead atoms. The number of benzene rings is 1. The monoisotopic (exact) mass is 307 g/mol. The van der Waals surface area contributed by atoms with Crippen molar-refractivity contribution >= 4 is 23.6 Å². The van der Waals surface area contributed by atoms with Crippen LogP contribution in [0, 0.1) is 5.92 Å². The summed E-state index contributed by atoms with van der Waals surface area (Å²) >= 11 is 1.18. The fourth-order valence-corrected chi connectivity index (χ4v) is 3.28. The van der Waals surface area contributed by atoms with E-state index in [1.54, 1.807) is 0 Å². The van der Waals surface area contributed by atoms with E-state index in [0.717, 1.165) is 32.4 Å². The maximum atomic E-state index is 12.0. The zero-order valence-electron chi connectivity index (χ0n) is 12.0. The molecule has 0 saturated carbocycles. The van der Waals surface area contributed by atoms with Crippen molar-refractivity contribution in [2.24, 2.45) is 5.92 Å².